The van der Waals surface area contributed by atoms with Crippen LogP contribution in [0.4, 0.5) is 5.95 Å². The van der Waals surface area contributed by atoms with E-state index < -0.39 is 0 Å². The lowest BCUT2D eigenvalue weighted by Gasteiger charge is -2.34. The van der Waals surface area contributed by atoms with E-state index in [0.29, 0.717) is 12.5 Å². The molecule has 0 saturated carbocycles. The molecule has 2 aliphatic rings. The maximum Gasteiger partial charge on any atom is 0.266 e. The molecule has 4 rings (SSSR count). The van der Waals surface area contributed by atoms with Crippen molar-refractivity contribution < 1.29 is 14.0 Å². The lowest BCUT2D eigenvalue weighted by molar-refractivity contribution is 0.189. The third-order valence-electron chi connectivity index (χ3n) is 6.24. The fraction of sp³-hybridized carbons (Fsp3) is 0.636. The van der Waals surface area contributed by atoms with E-state index in [0.717, 1.165) is 62.7 Å². The van der Waals surface area contributed by atoms with Gasteiger partial charge in [-0.2, -0.15) is 4.98 Å². The molecule has 0 spiro atoms. The molecule has 0 bridgehead atoms. The van der Waals surface area contributed by atoms with Gasteiger partial charge in [0.15, 0.2) is 0 Å². The molecule has 29 heavy (non-hydrogen) atoms. The average molecular weight is 418 g/mol. The number of ether oxygens (including phenoxy) is 2. The summed E-state index contributed by atoms with van der Waals surface area (Å²) in [6, 6.07) is 8.35. The average Bonchev–Trinajstić information content (AvgIpc) is 3.46. The Hall–Kier alpha value is -1.73. The van der Waals surface area contributed by atoms with E-state index in [1.165, 1.54) is 17.7 Å². The van der Waals surface area contributed by atoms with Crippen LogP contribution in [0, 0.1) is 11.8 Å². The van der Waals surface area contributed by atoms with Gasteiger partial charge >= 0.3 is 0 Å². The highest BCUT2D eigenvalue weighted by Gasteiger charge is 2.28. The van der Waals surface area contributed by atoms with Crippen LogP contribution in [0.25, 0.3) is 0 Å². The van der Waals surface area contributed by atoms with E-state index >= 15 is 0 Å². The molecular weight excluding hydrogens is 386 g/mol. The normalized spacial score (nSPS) is 21.4. The molecule has 2 aliphatic heterocycles. The van der Waals surface area contributed by atoms with Crippen LogP contribution in [0.2, 0.25) is 0 Å². The summed E-state index contributed by atoms with van der Waals surface area (Å²) in [5.41, 5.74) is 0. The summed E-state index contributed by atoms with van der Waals surface area (Å²) in [6.45, 7) is 6.60. The van der Waals surface area contributed by atoms with Gasteiger partial charge in [0.25, 0.3) is 5.95 Å². The Morgan fingerprint density at radius 1 is 1.21 bits per heavy atom. The molecule has 0 aliphatic carbocycles. The first-order chi connectivity index (χ1) is 14.2. The van der Waals surface area contributed by atoms with Gasteiger partial charge in [0, 0.05) is 24.6 Å². The van der Waals surface area contributed by atoms with Crippen LogP contribution in [0.5, 0.6) is 5.75 Å². The second-order valence-electron chi connectivity index (χ2n) is 8.11. The predicted octanol–water partition coefficient (Wildman–Crippen LogP) is 4.62. The molecule has 7 heteroatoms. The molecule has 0 amide bonds. The number of anilines is 1. The molecule has 3 heterocycles. The molecular formula is C22H31N3O3S. The largest absolute Gasteiger partial charge is 0.494 e. The van der Waals surface area contributed by atoms with Crippen molar-refractivity contribution in [3.63, 3.8) is 0 Å². The highest BCUT2D eigenvalue weighted by molar-refractivity contribution is 7.98. The van der Waals surface area contributed by atoms with Gasteiger partial charge in [-0.25, -0.2) is 0 Å². The molecule has 158 valence electrons. The van der Waals surface area contributed by atoms with Crippen molar-refractivity contribution in [2.45, 2.75) is 43.4 Å². The summed E-state index contributed by atoms with van der Waals surface area (Å²) in [7, 11) is 0. The van der Waals surface area contributed by atoms with Crippen LogP contribution in [-0.4, -0.2) is 49.3 Å². The van der Waals surface area contributed by atoms with Gasteiger partial charge in [0.1, 0.15) is 5.75 Å². The van der Waals surface area contributed by atoms with Crippen molar-refractivity contribution in [1.29, 1.82) is 0 Å². The van der Waals surface area contributed by atoms with Gasteiger partial charge in [-0.1, -0.05) is 6.92 Å². The fourth-order valence-electron chi connectivity index (χ4n) is 4.19. The van der Waals surface area contributed by atoms with Crippen molar-refractivity contribution in [3.05, 3.63) is 30.2 Å². The van der Waals surface area contributed by atoms with Crippen LogP contribution >= 0.6 is 11.8 Å². The first-order valence-corrected chi connectivity index (χ1v) is 11.9. The molecule has 1 aromatic carbocycles. The number of nitrogens with zero attached hydrogens (tertiary/aromatic N) is 3. The Bertz CT molecular complexity index is 753. The Balaban J connectivity index is 1.19. The topological polar surface area (TPSA) is 60.6 Å². The number of piperidine rings is 1. The van der Waals surface area contributed by atoms with E-state index in [1.54, 1.807) is 11.8 Å². The van der Waals surface area contributed by atoms with E-state index in [-0.39, 0.29) is 5.92 Å². The SMILES string of the molecule is CSc1ccc(OCC[C@@H](C)C2CCN(c3noc(C4CCOC4)n3)CC2)cc1. The fourth-order valence-corrected chi connectivity index (χ4v) is 4.60. The monoisotopic (exact) mass is 417 g/mol. The van der Waals surface area contributed by atoms with Crippen LogP contribution in [0.15, 0.2) is 33.7 Å². The zero-order chi connectivity index (χ0) is 20.1. The minimum Gasteiger partial charge on any atom is -0.494 e. The lowest BCUT2D eigenvalue weighted by Crippen LogP contribution is -2.36. The highest BCUT2D eigenvalue weighted by atomic mass is 32.2. The summed E-state index contributed by atoms with van der Waals surface area (Å²) >= 11 is 1.75. The number of rotatable bonds is 8. The summed E-state index contributed by atoms with van der Waals surface area (Å²) in [4.78, 5) is 8.15. The van der Waals surface area contributed by atoms with E-state index in [9.17, 15) is 0 Å². The quantitative estimate of drug-likeness (QED) is 0.581. The van der Waals surface area contributed by atoms with E-state index in [1.807, 2.05) is 0 Å². The second kappa shape index (κ2) is 9.85. The number of thioether (sulfide) groups is 1. The van der Waals surface area contributed by atoms with E-state index in [2.05, 4.69) is 52.5 Å². The smallest absolute Gasteiger partial charge is 0.266 e. The minimum atomic E-state index is 0.269. The van der Waals surface area contributed by atoms with Gasteiger partial charge in [0.05, 0.1) is 19.1 Å². The van der Waals surface area contributed by atoms with Crippen LogP contribution in [0.1, 0.15) is 44.4 Å². The Labute approximate surface area is 177 Å². The highest BCUT2D eigenvalue weighted by Crippen LogP contribution is 2.30. The molecule has 0 radical (unpaired) electrons. The number of hydrogen-bond donors (Lipinski definition) is 0. The Morgan fingerprint density at radius 3 is 2.69 bits per heavy atom. The first-order valence-electron chi connectivity index (χ1n) is 10.7. The van der Waals surface area contributed by atoms with Gasteiger partial charge in [-0.05, 0) is 73.2 Å². The van der Waals surface area contributed by atoms with Crippen molar-refractivity contribution in [2.24, 2.45) is 11.8 Å². The van der Waals surface area contributed by atoms with Crippen molar-refractivity contribution in [3.8, 4) is 5.75 Å². The number of hydrogen-bond acceptors (Lipinski definition) is 7. The Morgan fingerprint density at radius 2 is 2.00 bits per heavy atom. The molecule has 2 saturated heterocycles. The summed E-state index contributed by atoms with van der Waals surface area (Å²) in [6.07, 6.45) is 6.49. The molecule has 2 aromatic rings. The van der Waals surface area contributed by atoms with Crippen molar-refractivity contribution in [2.75, 3.05) is 44.1 Å². The lowest BCUT2D eigenvalue weighted by atomic mass is 9.84. The van der Waals surface area contributed by atoms with Crippen LogP contribution in [0.3, 0.4) is 0 Å². The van der Waals surface area contributed by atoms with Crippen LogP contribution < -0.4 is 9.64 Å². The van der Waals surface area contributed by atoms with Crippen molar-refractivity contribution in [1.82, 2.24) is 10.1 Å². The zero-order valence-corrected chi connectivity index (χ0v) is 18.2. The van der Waals surface area contributed by atoms with Gasteiger partial charge < -0.3 is 18.9 Å². The summed E-state index contributed by atoms with van der Waals surface area (Å²) in [5.74, 6) is 4.09. The number of aromatic nitrogens is 2. The molecule has 2 fully saturated rings. The molecule has 6 nitrogen and oxygen atoms in total. The minimum absolute atomic E-state index is 0.269. The standard InChI is InChI=1S/C22H31N3O3S/c1-16(9-14-27-19-3-5-20(29-2)6-4-19)17-7-11-25(12-8-17)22-23-21(28-24-22)18-10-13-26-15-18/h3-6,16-18H,7-15H2,1-2H3/t16-,18?/m1/s1. The number of benzene rings is 1. The van der Waals surface area contributed by atoms with E-state index in [4.69, 9.17) is 14.0 Å². The van der Waals surface area contributed by atoms with Gasteiger partial charge in [0.2, 0.25) is 5.89 Å². The molecule has 1 unspecified atom stereocenters. The Kier molecular flexibility index (Phi) is 6.98. The first kappa shape index (κ1) is 20.5. The van der Waals surface area contributed by atoms with Crippen molar-refractivity contribution >= 4 is 17.7 Å². The third-order valence-corrected chi connectivity index (χ3v) is 6.98. The second-order valence-corrected chi connectivity index (χ2v) is 8.99. The van der Waals surface area contributed by atoms with Gasteiger partial charge in [-0.3, -0.25) is 0 Å². The van der Waals surface area contributed by atoms with Gasteiger partial charge in [-0.15, -0.1) is 11.8 Å². The summed E-state index contributed by atoms with van der Waals surface area (Å²) < 4.78 is 16.9. The predicted molar refractivity (Wildman–Crippen MR) is 115 cm³/mol. The zero-order valence-electron chi connectivity index (χ0n) is 17.4. The maximum atomic E-state index is 5.95. The molecule has 2 atom stereocenters. The maximum absolute atomic E-state index is 5.95. The molecule has 0 N–H and O–H groups in total. The van der Waals surface area contributed by atoms with Crippen LogP contribution in [-0.2, 0) is 4.74 Å². The summed E-state index contributed by atoms with van der Waals surface area (Å²) in [5, 5.41) is 4.21. The molecule has 1 aromatic heterocycles. The third kappa shape index (κ3) is 5.25.